The van der Waals surface area contributed by atoms with Crippen LogP contribution in [0.4, 0.5) is 0 Å². The molecule has 0 aromatic rings. The molecular weight excluding hydrogens is 695 g/mol. The molecule has 0 aliphatic heterocycles. The van der Waals surface area contributed by atoms with Gasteiger partial charge in [0.25, 0.3) is 0 Å². The van der Waals surface area contributed by atoms with Gasteiger partial charge in [-0.2, -0.15) is 0 Å². The van der Waals surface area contributed by atoms with Crippen LogP contribution in [0.1, 0.15) is 149 Å². The van der Waals surface area contributed by atoms with Crippen molar-refractivity contribution in [2.75, 3.05) is 13.2 Å². The van der Waals surface area contributed by atoms with Gasteiger partial charge in [-0.1, -0.05) is 122 Å². The lowest BCUT2D eigenvalue weighted by molar-refractivity contribution is -0.220. The maximum absolute atomic E-state index is 12.7. The topological polar surface area (TPSA) is 210 Å². The number of carbonyl (C=O) groups excluding carboxylic acids is 2. The first-order valence-electron chi connectivity index (χ1n) is 19.6. The standard InChI is InChI=1S/C38H69O13P/c1-3-5-7-9-11-13-14-15-16-17-19-21-23-25-27-32(40)50-30(28-48-31(39)26-24-22-20-18-12-10-8-6-4-2)29-49-52(46,47)51-38-36(44)34(42)33(41)35(43)37(38)45/h9,11,14-15,30,33-38,41-45H,3-8,10,12-13,16-29H2,1-2H3,(H,46,47)/b11-9+,15-14+/t30-,33?,34-,35?,36?,37?,38?/m1/s1. The predicted molar refractivity (Wildman–Crippen MR) is 198 cm³/mol. The highest BCUT2D eigenvalue weighted by molar-refractivity contribution is 7.47. The van der Waals surface area contributed by atoms with Gasteiger partial charge in [0.1, 0.15) is 43.2 Å². The van der Waals surface area contributed by atoms with E-state index in [1.165, 1.54) is 44.9 Å². The zero-order valence-electron chi connectivity index (χ0n) is 31.6. The van der Waals surface area contributed by atoms with Crippen LogP contribution in [0.15, 0.2) is 24.3 Å². The van der Waals surface area contributed by atoms with E-state index in [0.717, 1.165) is 64.2 Å². The van der Waals surface area contributed by atoms with Crippen molar-refractivity contribution in [3.05, 3.63) is 24.3 Å². The molecule has 1 saturated carbocycles. The van der Waals surface area contributed by atoms with Crippen LogP contribution >= 0.6 is 7.82 Å². The Kier molecular flexibility index (Phi) is 27.6. The summed E-state index contributed by atoms with van der Waals surface area (Å²) in [5.74, 6) is -1.12. The van der Waals surface area contributed by atoms with Crippen LogP contribution in [0.2, 0.25) is 0 Å². The fraction of sp³-hybridized carbons (Fsp3) is 0.842. The van der Waals surface area contributed by atoms with Crippen LogP contribution in [0.3, 0.4) is 0 Å². The van der Waals surface area contributed by atoms with Gasteiger partial charge in [0, 0.05) is 12.8 Å². The Morgan fingerprint density at radius 3 is 1.62 bits per heavy atom. The van der Waals surface area contributed by atoms with Gasteiger partial charge in [-0.25, -0.2) is 4.57 Å². The second kappa shape index (κ2) is 29.7. The van der Waals surface area contributed by atoms with Gasteiger partial charge in [0.05, 0.1) is 6.61 Å². The number of carbonyl (C=O) groups is 2. The van der Waals surface area contributed by atoms with E-state index in [0.29, 0.717) is 12.8 Å². The van der Waals surface area contributed by atoms with Crippen molar-refractivity contribution in [1.29, 1.82) is 0 Å². The lowest BCUT2D eigenvalue weighted by Gasteiger charge is -2.41. The maximum atomic E-state index is 12.7. The SMILES string of the molecule is CCCC/C=C/C/C=C/CCCCCCCC(=O)O[C@H](COC(=O)CCCCCCCCCCC)COP(=O)(O)OC1C(O)C(O)C(O)[C@@H](O)C1O. The van der Waals surface area contributed by atoms with Crippen molar-refractivity contribution in [2.45, 2.75) is 191 Å². The number of aliphatic hydroxyl groups is 5. The van der Waals surface area contributed by atoms with Gasteiger partial charge in [-0.3, -0.25) is 18.6 Å². The minimum atomic E-state index is -5.11. The van der Waals surface area contributed by atoms with E-state index in [-0.39, 0.29) is 12.8 Å². The van der Waals surface area contributed by atoms with Crippen molar-refractivity contribution in [2.24, 2.45) is 0 Å². The summed E-state index contributed by atoms with van der Waals surface area (Å²) in [5.41, 5.74) is 0. The Morgan fingerprint density at radius 2 is 1.06 bits per heavy atom. The molecule has 0 amide bonds. The number of phosphoric acid groups is 1. The number of esters is 2. The van der Waals surface area contributed by atoms with E-state index in [4.69, 9.17) is 18.5 Å². The first-order valence-corrected chi connectivity index (χ1v) is 21.1. The third-order valence-electron chi connectivity index (χ3n) is 9.05. The number of allylic oxidation sites excluding steroid dienone is 4. The number of ether oxygens (including phenoxy) is 2. The first kappa shape index (κ1) is 48.3. The summed E-state index contributed by atoms with van der Waals surface area (Å²) < 4.78 is 33.3. The molecule has 8 atom stereocenters. The summed E-state index contributed by atoms with van der Waals surface area (Å²) in [6, 6.07) is 0. The van der Waals surface area contributed by atoms with Crippen molar-refractivity contribution in [3.63, 3.8) is 0 Å². The highest BCUT2D eigenvalue weighted by Crippen LogP contribution is 2.47. The quantitative estimate of drug-likeness (QED) is 0.0204. The maximum Gasteiger partial charge on any atom is 0.472 e. The number of phosphoric ester groups is 1. The molecule has 1 rings (SSSR count). The highest BCUT2D eigenvalue weighted by atomic mass is 31.2. The average Bonchev–Trinajstić information content (AvgIpc) is 3.12. The summed E-state index contributed by atoms with van der Waals surface area (Å²) in [7, 11) is -5.11. The fourth-order valence-corrected chi connectivity index (χ4v) is 6.75. The second-order valence-electron chi connectivity index (χ2n) is 13.8. The predicted octanol–water partition coefficient (Wildman–Crippen LogP) is 6.11. The largest absolute Gasteiger partial charge is 0.472 e. The summed E-state index contributed by atoms with van der Waals surface area (Å²) in [6.07, 6.45) is 15.5. The number of unbranched alkanes of at least 4 members (excludes halogenated alkanes) is 15. The molecular formula is C38H69O13P. The molecule has 0 heterocycles. The normalized spacial score (nSPS) is 23.9. The molecule has 13 nitrogen and oxygen atoms in total. The van der Waals surface area contributed by atoms with E-state index in [9.17, 15) is 44.6 Å². The average molecular weight is 765 g/mol. The molecule has 6 unspecified atom stereocenters. The molecule has 14 heteroatoms. The molecule has 6 N–H and O–H groups in total. The monoisotopic (exact) mass is 764 g/mol. The van der Waals surface area contributed by atoms with E-state index < -0.39 is 75.7 Å². The van der Waals surface area contributed by atoms with E-state index >= 15 is 0 Å². The van der Waals surface area contributed by atoms with Gasteiger partial charge in [-0.15, -0.1) is 0 Å². The molecule has 0 saturated heterocycles. The second-order valence-corrected chi connectivity index (χ2v) is 15.2. The van der Waals surface area contributed by atoms with Crippen molar-refractivity contribution >= 4 is 19.8 Å². The van der Waals surface area contributed by atoms with E-state index in [1.54, 1.807) is 0 Å². The highest BCUT2D eigenvalue weighted by Gasteiger charge is 2.51. The number of rotatable bonds is 31. The molecule has 52 heavy (non-hydrogen) atoms. The van der Waals surface area contributed by atoms with Gasteiger partial charge >= 0.3 is 19.8 Å². The number of aliphatic hydroxyl groups excluding tert-OH is 5. The van der Waals surface area contributed by atoms with Crippen LogP contribution in [0, 0.1) is 0 Å². The summed E-state index contributed by atoms with van der Waals surface area (Å²) in [5, 5.41) is 49.9. The summed E-state index contributed by atoms with van der Waals surface area (Å²) in [4.78, 5) is 35.4. The Hall–Kier alpha value is -1.67. The van der Waals surface area contributed by atoms with Gasteiger partial charge < -0.3 is 39.9 Å². The number of hydrogen-bond acceptors (Lipinski definition) is 12. The molecule has 0 aromatic carbocycles. The summed E-state index contributed by atoms with van der Waals surface area (Å²) in [6.45, 7) is 3.18. The van der Waals surface area contributed by atoms with Crippen LogP contribution < -0.4 is 0 Å². The van der Waals surface area contributed by atoms with Gasteiger partial charge in [0.2, 0.25) is 0 Å². The fourth-order valence-electron chi connectivity index (χ4n) is 5.77. The van der Waals surface area contributed by atoms with Crippen LogP contribution in [-0.4, -0.2) is 98.3 Å². The smallest absolute Gasteiger partial charge is 0.462 e. The Balaban J connectivity index is 2.55. The van der Waals surface area contributed by atoms with Crippen molar-refractivity contribution in [3.8, 4) is 0 Å². The molecule has 0 radical (unpaired) electrons. The molecule has 0 bridgehead atoms. The lowest BCUT2D eigenvalue weighted by Crippen LogP contribution is -2.64. The van der Waals surface area contributed by atoms with Crippen LogP contribution in [-0.2, 0) is 32.7 Å². The van der Waals surface area contributed by atoms with Crippen LogP contribution in [0.5, 0.6) is 0 Å². The molecule has 304 valence electrons. The lowest BCUT2D eigenvalue weighted by atomic mass is 9.85. The number of hydrogen-bond donors (Lipinski definition) is 6. The van der Waals surface area contributed by atoms with Gasteiger partial charge in [-0.05, 0) is 38.5 Å². The van der Waals surface area contributed by atoms with E-state index in [1.807, 2.05) is 0 Å². The zero-order valence-corrected chi connectivity index (χ0v) is 32.5. The van der Waals surface area contributed by atoms with Crippen molar-refractivity contribution in [1.82, 2.24) is 0 Å². The molecule has 0 spiro atoms. The summed E-state index contributed by atoms with van der Waals surface area (Å²) >= 11 is 0. The molecule has 1 fully saturated rings. The Labute approximate surface area is 311 Å². The Morgan fingerprint density at radius 1 is 0.596 bits per heavy atom. The van der Waals surface area contributed by atoms with Gasteiger partial charge in [0.15, 0.2) is 6.10 Å². The molecule has 1 aliphatic rings. The van der Waals surface area contributed by atoms with Crippen molar-refractivity contribution < 1.29 is 63.1 Å². The third-order valence-corrected chi connectivity index (χ3v) is 10.0. The first-order chi connectivity index (χ1) is 24.9. The minimum absolute atomic E-state index is 0.0823. The van der Waals surface area contributed by atoms with Crippen LogP contribution in [0.25, 0.3) is 0 Å². The van der Waals surface area contributed by atoms with E-state index in [2.05, 4.69) is 38.2 Å². The zero-order chi connectivity index (χ0) is 38.6. The molecule has 1 aliphatic carbocycles. The third kappa shape index (κ3) is 22.5. The minimum Gasteiger partial charge on any atom is -0.462 e. The molecule has 0 aromatic heterocycles. The Bertz CT molecular complexity index is 1020.